The minimum atomic E-state index is -5.06. The minimum Gasteiger partial charge on any atom is -0.453 e. The molecule has 2 amide bonds. The topological polar surface area (TPSA) is 68.3 Å². The van der Waals surface area contributed by atoms with Crippen molar-refractivity contribution in [2.75, 3.05) is 20.2 Å². The molecule has 0 aromatic heterocycles. The molecule has 0 radical (unpaired) electrons. The van der Waals surface area contributed by atoms with E-state index in [1.54, 1.807) is 25.7 Å². The summed E-state index contributed by atoms with van der Waals surface area (Å²) in [5.41, 5.74) is -1.37. The summed E-state index contributed by atoms with van der Waals surface area (Å²) in [7, 11) is 1.20. The highest BCUT2D eigenvalue weighted by Crippen LogP contribution is 2.52. The van der Waals surface area contributed by atoms with Crippen molar-refractivity contribution in [1.82, 2.24) is 9.80 Å². The minimum absolute atomic E-state index is 0.0960. The maximum absolute atomic E-state index is 13.9. The summed E-state index contributed by atoms with van der Waals surface area (Å²) in [6.07, 6.45) is -4.03. The molecule has 1 atom stereocenters. The highest BCUT2D eigenvalue weighted by atomic mass is 19.4. The van der Waals surface area contributed by atoms with Gasteiger partial charge in [0.1, 0.15) is 5.60 Å². The Bertz CT molecular complexity index is 896. The molecule has 1 saturated carbocycles. The molecule has 1 heterocycles. The van der Waals surface area contributed by atoms with Crippen molar-refractivity contribution in [3.63, 3.8) is 0 Å². The van der Waals surface area contributed by atoms with E-state index in [1.165, 1.54) is 18.1 Å². The SMILES string of the molecule is COC(=O)N(C[C@@H]1CCCN1C(=O)OC(C)(C)C)C1(c2ccc(F)c(OC(F)(F)F)c2)CC1. The molecule has 1 aromatic rings. The molecule has 2 aliphatic rings. The Balaban J connectivity index is 1.87. The van der Waals surface area contributed by atoms with Gasteiger partial charge in [0.25, 0.3) is 0 Å². The van der Waals surface area contributed by atoms with Gasteiger partial charge < -0.3 is 19.1 Å². The van der Waals surface area contributed by atoms with Crippen molar-refractivity contribution >= 4 is 12.2 Å². The molecule has 1 aromatic carbocycles. The van der Waals surface area contributed by atoms with Crippen LogP contribution in [0.25, 0.3) is 0 Å². The standard InChI is InChI=1S/C22H28F4N2O5/c1-20(2,3)33-18(29)27-11-5-6-15(27)13-28(19(30)31-4)21(9-10-21)14-7-8-16(23)17(12-14)32-22(24,25)26/h7-8,12,15H,5-6,9-11,13H2,1-4H3/t15-/m0/s1. The summed E-state index contributed by atoms with van der Waals surface area (Å²) in [4.78, 5) is 28.3. The van der Waals surface area contributed by atoms with Gasteiger partial charge in [0.2, 0.25) is 0 Å². The largest absolute Gasteiger partial charge is 0.573 e. The third kappa shape index (κ3) is 5.80. The van der Waals surface area contributed by atoms with E-state index in [-0.39, 0.29) is 12.6 Å². The normalized spacial score (nSPS) is 19.8. The van der Waals surface area contributed by atoms with Gasteiger partial charge in [0.05, 0.1) is 18.7 Å². The number of ether oxygens (including phenoxy) is 3. The highest BCUT2D eigenvalue weighted by Gasteiger charge is 2.54. The number of hydrogen-bond donors (Lipinski definition) is 0. The number of carbonyl (C=O) groups excluding carboxylic acids is 2. The summed E-state index contributed by atoms with van der Waals surface area (Å²) in [5, 5.41) is 0. The lowest BCUT2D eigenvalue weighted by Crippen LogP contribution is -2.50. The first-order chi connectivity index (χ1) is 15.3. The number of likely N-dealkylation sites (tertiary alicyclic amines) is 1. The molecule has 0 spiro atoms. The molecule has 184 valence electrons. The first-order valence-corrected chi connectivity index (χ1v) is 10.7. The first kappa shape index (κ1) is 24.9. The van der Waals surface area contributed by atoms with Gasteiger partial charge >= 0.3 is 18.5 Å². The number of hydrogen-bond acceptors (Lipinski definition) is 5. The van der Waals surface area contributed by atoms with Crippen molar-refractivity contribution in [3.8, 4) is 5.75 Å². The van der Waals surface area contributed by atoms with Crippen LogP contribution in [0.4, 0.5) is 27.2 Å². The maximum atomic E-state index is 13.9. The van der Waals surface area contributed by atoms with Crippen molar-refractivity contribution in [2.24, 2.45) is 0 Å². The molecule has 1 aliphatic carbocycles. The fourth-order valence-electron chi connectivity index (χ4n) is 4.16. The van der Waals surface area contributed by atoms with Crippen molar-refractivity contribution in [3.05, 3.63) is 29.6 Å². The van der Waals surface area contributed by atoms with Crippen LogP contribution in [-0.4, -0.2) is 60.2 Å². The molecule has 0 N–H and O–H groups in total. The molecule has 1 aliphatic heterocycles. The molecule has 3 rings (SSSR count). The smallest absolute Gasteiger partial charge is 0.453 e. The van der Waals surface area contributed by atoms with E-state index in [4.69, 9.17) is 9.47 Å². The predicted octanol–water partition coefficient (Wildman–Crippen LogP) is 5.18. The van der Waals surface area contributed by atoms with Gasteiger partial charge in [-0.15, -0.1) is 13.2 Å². The number of amides is 2. The molecular formula is C22H28F4N2O5. The molecule has 0 unspecified atom stereocenters. The Labute approximate surface area is 189 Å². The van der Waals surface area contributed by atoms with E-state index in [0.717, 1.165) is 12.1 Å². The van der Waals surface area contributed by atoms with Crippen LogP contribution in [0.3, 0.4) is 0 Å². The zero-order valence-electron chi connectivity index (χ0n) is 19.0. The average Bonchev–Trinajstić information content (AvgIpc) is 3.35. The van der Waals surface area contributed by atoms with E-state index in [2.05, 4.69) is 4.74 Å². The summed E-state index contributed by atoms with van der Waals surface area (Å²) >= 11 is 0. The van der Waals surface area contributed by atoms with E-state index in [9.17, 15) is 27.2 Å². The number of benzene rings is 1. The van der Waals surface area contributed by atoms with Gasteiger partial charge in [0.15, 0.2) is 11.6 Å². The van der Waals surface area contributed by atoms with Gasteiger partial charge in [-0.25, -0.2) is 14.0 Å². The van der Waals surface area contributed by atoms with Gasteiger partial charge in [-0.1, -0.05) is 6.07 Å². The maximum Gasteiger partial charge on any atom is 0.573 e. The van der Waals surface area contributed by atoms with Crippen molar-refractivity contribution in [1.29, 1.82) is 0 Å². The molecule has 2 fully saturated rings. The number of nitrogens with zero attached hydrogens (tertiary/aromatic N) is 2. The highest BCUT2D eigenvalue weighted by molar-refractivity contribution is 5.71. The fourth-order valence-corrected chi connectivity index (χ4v) is 4.16. The third-order valence-electron chi connectivity index (χ3n) is 5.73. The Morgan fingerprint density at radius 1 is 1.21 bits per heavy atom. The summed E-state index contributed by atoms with van der Waals surface area (Å²) in [6.45, 7) is 5.82. The summed E-state index contributed by atoms with van der Waals surface area (Å²) in [6, 6.07) is 2.82. The van der Waals surface area contributed by atoms with E-state index < -0.39 is 41.3 Å². The van der Waals surface area contributed by atoms with Gasteiger partial charge in [-0.2, -0.15) is 0 Å². The Morgan fingerprint density at radius 3 is 2.42 bits per heavy atom. The molecule has 7 nitrogen and oxygen atoms in total. The van der Waals surface area contributed by atoms with E-state index in [1.807, 2.05) is 0 Å². The molecule has 0 bridgehead atoms. The van der Waals surface area contributed by atoms with Crippen LogP contribution >= 0.6 is 0 Å². The number of methoxy groups -OCH3 is 1. The van der Waals surface area contributed by atoms with Crippen LogP contribution in [0.1, 0.15) is 52.0 Å². The molecule has 11 heteroatoms. The second kappa shape index (κ2) is 8.90. The van der Waals surface area contributed by atoms with E-state index >= 15 is 0 Å². The van der Waals surface area contributed by atoms with Crippen LogP contribution in [0, 0.1) is 5.82 Å². The molecular weight excluding hydrogens is 448 g/mol. The zero-order valence-corrected chi connectivity index (χ0v) is 19.0. The number of rotatable bonds is 5. The molecule has 1 saturated heterocycles. The molecule has 33 heavy (non-hydrogen) atoms. The first-order valence-electron chi connectivity index (χ1n) is 10.7. The lowest BCUT2D eigenvalue weighted by atomic mass is 10.0. The summed E-state index contributed by atoms with van der Waals surface area (Å²) in [5.74, 6) is -2.13. The lowest BCUT2D eigenvalue weighted by molar-refractivity contribution is -0.275. The van der Waals surface area contributed by atoms with Crippen molar-refractivity contribution in [2.45, 2.75) is 70.0 Å². The van der Waals surface area contributed by atoms with Gasteiger partial charge in [-0.05, 0) is 64.2 Å². The average molecular weight is 476 g/mol. The Morgan fingerprint density at radius 2 is 1.88 bits per heavy atom. The van der Waals surface area contributed by atoms with Crippen LogP contribution in [0.15, 0.2) is 18.2 Å². The summed E-state index contributed by atoms with van der Waals surface area (Å²) < 4.78 is 66.2. The Hall–Kier alpha value is -2.72. The Kier molecular flexibility index (Phi) is 6.72. The third-order valence-corrected chi connectivity index (χ3v) is 5.73. The fraction of sp³-hybridized carbons (Fsp3) is 0.636. The van der Waals surface area contributed by atoms with E-state index in [0.29, 0.717) is 37.8 Å². The monoisotopic (exact) mass is 476 g/mol. The number of carbonyl (C=O) groups is 2. The second-order valence-corrected chi connectivity index (χ2v) is 9.28. The second-order valence-electron chi connectivity index (χ2n) is 9.28. The quantitative estimate of drug-likeness (QED) is 0.548. The predicted molar refractivity (Wildman–Crippen MR) is 109 cm³/mol. The van der Waals surface area contributed by atoms with Crippen LogP contribution in [0.5, 0.6) is 5.75 Å². The van der Waals surface area contributed by atoms with Crippen LogP contribution < -0.4 is 4.74 Å². The number of halogens is 4. The lowest BCUT2D eigenvalue weighted by Gasteiger charge is -2.36. The number of alkyl halides is 3. The van der Waals surface area contributed by atoms with Crippen LogP contribution in [0.2, 0.25) is 0 Å². The van der Waals surface area contributed by atoms with Gasteiger partial charge in [-0.3, -0.25) is 4.90 Å². The van der Waals surface area contributed by atoms with Gasteiger partial charge in [0, 0.05) is 13.1 Å². The zero-order chi connectivity index (χ0) is 24.6. The van der Waals surface area contributed by atoms with Crippen LogP contribution in [-0.2, 0) is 15.0 Å². The van der Waals surface area contributed by atoms with Crippen molar-refractivity contribution < 1.29 is 41.4 Å².